The maximum atomic E-state index is 9.67. The Morgan fingerprint density at radius 1 is 1.09 bits per heavy atom. The fraction of sp³-hybridized carbons (Fsp3) is 0.385. The van der Waals surface area contributed by atoms with E-state index in [4.69, 9.17) is 9.52 Å². The quantitative estimate of drug-likeness (QED) is 0.403. The fourth-order valence-electron chi connectivity index (χ4n) is 5.12. The van der Waals surface area contributed by atoms with Crippen molar-refractivity contribution in [2.24, 2.45) is 17.8 Å². The molecule has 0 spiro atoms. The minimum Gasteiger partial charge on any atom is -0.508 e. The lowest BCUT2D eigenvalue weighted by atomic mass is 9.73. The molecule has 1 saturated carbocycles. The minimum atomic E-state index is 0.242. The number of phenolic OH excluding ortho intramolecular Hbond substituents is 1. The lowest BCUT2D eigenvalue weighted by Crippen LogP contribution is -2.44. The number of fused-ring (bicyclic) bond motifs is 1. The van der Waals surface area contributed by atoms with Crippen LogP contribution in [0.4, 0.5) is 11.7 Å². The number of benzene rings is 1. The first-order chi connectivity index (χ1) is 15.5. The Morgan fingerprint density at radius 3 is 2.62 bits per heavy atom. The number of aromatic hydroxyl groups is 1. The van der Waals surface area contributed by atoms with E-state index in [0.29, 0.717) is 23.8 Å². The maximum Gasteiger partial charge on any atom is 0.201 e. The van der Waals surface area contributed by atoms with Gasteiger partial charge in [0.1, 0.15) is 5.75 Å². The van der Waals surface area contributed by atoms with E-state index in [2.05, 4.69) is 30.7 Å². The topological polar surface area (TPSA) is 66.8 Å². The van der Waals surface area contributed by atoms with Crippen molar-refractivity contribution < 1.29 is 9.52 Å². The van der Waals surface area contributed by atoms with Crippen LogP contribution in [0.2, 0.25) is 0 Å². The van der Waals surface area contributed by atoms with Crippen molar-refractivity contribution in [2.45, 2.75) is 46.1 Å². The highest BCUT2D eigenvalue weighted by Gasteiger charge is 2.37. The predicted octanol–water partition coefficient (Wildman–Crippen LogP) is 6.29. The number of phenols is 1. The van der Waals surface area contributed by atoms with Crippen LogP contribution in [0.15, 0.2) is 65.4 Å². The third-order valence-corrected chi connectivity index (χ3v) is 6.82. The summed E-state index contributed by atoms with van der Waals surface area (Å²) in [7, 11) is 0. The van der Waals surface area contributed by atoms with Crippen LogP contribution >= 0.6 is 0 Å². The van der Waals surface area contributed by atoms with Crippen molar-refractivity contribution in [2.75, 3.05) is 4.90 Å². The summed E-state index contributed by atoms with van der Waals surface area (Å²) in [6.07, 6.45) is 7.15. The van der Waals surface area contributed by atoms with Crippen molar-refractivity contribution in [3.63, 3.8) is 0 Å². The molecule has 3 unspecified atom stereocenters. The normalized spacial score (nSPS) is 21.3. The van der Waals surface area contributed by atoms with E-state index in [1.807, 2.05) is 47.1 Å². The van der Waals surface area contributed by atoms with E-state index in [1.54, 1.807) is 18.4 Å². The zero-order valence-corrected chi connectivity index (χ0v) is 18.8. The van der Waals surface area contributed by atoms with Gasteiger partial charge >= 0.3 is 0 Å². The molecule has 0 radical (unpaired) electrons. The maximum absolute atomic E-state index is 9.67. The molecule has 1 fully saturated rings. The molecule has 1 aliphatic carbocycles. The van der Waals surface area contributed by atoms with Gasteiger partial charge in [0, 0.05) is 17.7 Å². The van der Waals surface area contributed by atoms with Crippen molar-refractivity contribution in [3.05, 3.63) is 61.0 Å². The molecule has 5 rings (SSSR count). The summed E-state index contributed by atoms with van der Waals surface area (Å²) >= 11 is 0. The molecule has 0 saturated heterocycles. The Morgan fingerprint density at radius 2 is 1.91 bits per heavy atom. The van der Waals surface area contributed by atoms with Crippen LogP contribution in [-0.4, -0.2) is 25.7 Å². The van der Waals surface area contributed by atoms with E-state index in [9.17, 15) is 5.11 Å². The monoisotopic (exact) mass is 430 g/mol. The molecule has 0 bridgehead atoms. The number of anilines is 2. The number of furan rings is 1. The second kappa shape index (κ2) is 8.34. The predicted molar refractivity (Wildman–Crippen MR) is 126 cm³/mol. The third-order valence-electron chi connectivity index (χ3n) is 6.82. The number of hydrogen-bond donors (Lipinski definition) is 1. The highest BCUT2D eigenvalue weighted by Crippen LogP contribution is 2.41. The molecular formula is C26H30N4O2. The van der Waals surface area contributed by atoms with Crippen LogP contribution in [0.3, 0.4) is 0 Å². The summed E-state index contributed by atoms with van der Waals surface area (Å²) in [5.41, 5.74) is 2.63. The van der Waals surface area contributed by atoms with Gasteiger partial charge in [-0.25, -0.2) is 9.50 Å². The molecule has 3 aromatic heterocycles. The van der Waals surface area contributed by atoms with Crippen LogP contribution in [0.5, 0.6) is 5.75 Å². The summed E-state index contributed by atoms with van der Waals surface area (Å²) in [6.45, 7) is 6.99. The minimum absolute atomic E-state index is 0.242. The largest absolute Gasteiger partial charge is 0.508 e. The second-order valence-electron chi connectivity index (χ2n) is 9.37. The average Bonchev–Trinajstić information content (AvgIpc) is 3.45. The first-order valence-corrected chi connectivity index (χ1v) is 11.5. The van der Waals surface area contributed by atoms with Crippen LogP contribution in [0.25, 0.3) is 16.9 Å². The average molecular weight is 431 g/mol. The zero-order chi connectivity index (χ0) is 22.2. The number of hydrogen-bond acceptors (Lipinski definition) is 5. The van der Waals surface area contributed by atoms with Gasteiger partial charge in [0.2, 0.25) is 5.88 Å². The first-order valence-electron chi connectivity index (χ1n) is 11.5. The first kappa shape index (κ1) is 20.6. The molecular weight excluding hydrogens is 400 g/mol. The SMILES string of the molecule is CC1CCC(C(C)C)C(N(c2ccc3ncc(-c4ccc(O)cc4)n3n2)c2ccco2)C1. The molecule has 1 aromatic carbocycles. The Balaban J connectivity index is 1.62. The Labute approximate surface area is 188 Å². The Kier molecular flexibility index (Phi) is 5.37. The van der Waals surface area contributed by atoms with E-state index in [1.165, 1.54) is 12.8 Å². The summed E-state index contributed by atoms with van der Waals surface area (Å²) in [5.74, 6) is 3.73. The van der Waals surface area contributed by atoms with Gasteiger partial charge in [-0.2, -0.15) is 0 Å². The van der Waals surface area contributed by atoms with Gasteiger partial charge in [0.15, 0.2) is 11.5 Å². The summed E-state index contributed by atoms with van der Waals surface area (Å²) < 4.78 is 7.80. The van der Waals surface area contributed by atoms with E-state index in [-0.39, 0.29) is 5.75 Å². The van der Waals surface area contributed by atoms with Crippen LogP contribution in [0.1, 0.15) is 40.0 Å². The fourth-order valence-corrected chi connectivity index (χ4v) is 5.12. The van der Waals surface area contributed by atoms with Gasteiger partial charge in [-0.15, -0.1) is 5.10 Å². The van der Waals surface area contributed by atoms with Crippen molar-refractivity contribution in [1.82, 2.24) is 14.6 Å². The van der Waals surface area contributed by atoms with Gasteiger partial charge in [-0.1, -0.05) is 27.2 Å². The highest BCUT2D eigenvalue weighted by atomic mass is 16.3. The molecule has 1 aliphatic rings. The summed E-state index contributed by atoms with van der Waals surface area (Å²) in [6, 6.07) is 15.5. The van der Waals surface area contributed by atoms with E-state index in [0.717, 1.165) is 35.0 Å². The molecule has 6 nitrogen and oxygen atoms in total. The van der Waals surface area contributed by atoms with Crippen LogP contribution in [0, 0.1) is 17.8 Å². The van der Waals surface area contributed by atoms with Crippen molar-refractivity contribution >= 4 is 17.3 Å². The number of rotatable bonds is 5. The lowest BCUT2D eigenvalue weighted by Gasteiger charge is -2.43. The Bertz CT molecular complexity index is 1180. The van der Waals surface area contributed by atoms with Crippen LogP contribution in [-0.2, 0) is 0 Å². The molecule has 4 aromatic rings. The van der Waals surface area contributed by atoms with Gasteiger partial charge in [-0.05, 0) is 73.1 Å². The molecule has 6 heteroatoms. The van der Waals surface area contributed by atoms with E-state index < -0.39 is 0 Å². The lowest BCUT2D eigenvalue weighted by molar-refractivity contribution is 0.195. The zero-order valence-electron chi connectivity index (χ0n) is 18.8. The molecule has 1 N–H and O–H groups in total. The van der Waals surface area contributed by atoms with Gasteiger partial charge in [-0.3, -0.25) is 4.90 Å². The third kappa shape index (κ3) is 3.74. The highest BCUT2D eigenvalue weighted by molar-refractivity contribution is 5.65. The van der Waals surface area contributed by atoms with Crippen LogP contribution < -0.4 is 4.90 Å². The molecule has 32 heavy (non-hydrogen) atoms. The van der Waals surface area contributed by atoms with Gasteiger partial charge < -0.3 is 9.52 Å². The van der Waals surface area contributed by atoms with Crippen molar-refractivity contribution in [3.8, 4) is 17.0 Å². The molecule has 0 aliphatic heterocycles. The number of nitrogens with zero attached hydrogens (tertiary/aromatic N) is 4. The smallest absolute Gasteiger partial charge is 0.201 e. The summed E-state index contributed by atoms with van der Waals surface area (Å²) in [5, 5.41) is 14.7. The standard InChI is InChI=1S/C26H30N4O2/c1-17(2)21-11-6-18(3)15-22(21)29(26-5-4-14-32-26)25-13-12-24-27-16-23(30(24)28-25)19-7-9-20(31)10-8-19/h4-5,7-10,12-14,16-18,21-22,31H,6,11,15H2,1-3H3. The van der Waals surface area contributed by atoms with Gasteiger partial charge in [0.05, 0.1) is 18.2 Å². The number of aromatic nitrogens is 3. The molecule has 0 amide bonds. The van der Waals surface area contributed by atoms with Gasteiger partial charge in [0.25, 0.3) is 0 Å². The van der Waals surface area contributed by atoms with Crippen molar-refractivity contribution in [1.29, 1.82) is 0 Å². The second-order valence-corrected chi connectivity index (χ2v) is 9.37. The molecule has 3 atom stereocenters. The number of imidazole rings is 1. The summed E-state index contributed by atoms with van der Waals surface area (Å²) in [4.78, 5) is 6.84. The molecule has 3 heterocycles. The Hall–Kier alpha value is -3.28. The molecule has 166 valence electrons. The van der Waals surface area contributed by atoms with E-state index >= 15 is 0 Å².